The largest absolute Gasteiger partial charge is 0.467 e. The highest BCUT2D eigenvalue weighted by atomic mass is 16.3. The van der Waals surface area contributed by atoms with Crippen molar-refractivity contribution in [2.75, 3.05) is 20.6 Å². The minimum Gasteiger partial charge on any atom is -0.467 e. The molecule has 0 bridgehead atoms. The van der Waals surface area contributed by atoms with Crippen molar-refractivity contribution in [2.24, 2.45) is 0 Å². The lowest BCUT2D eigenvalue weighted by Gasteiger charge is -2.18. The second-order valence-electron chi connectivity index (χ2n) is 5.75. The van der Waals surface area contributed by atoms with Crippen LogP contribution in [-0.2, 0) is 11.3 Å². The first-order chi connectivity index (χ1) is 11.5. The Morgan fingerprint density at radius 2 is 1.92 bits per heavy atom. The third-order valence-electron chi connectivity index (χ3n) is 3.66. The molecular formula is C18H23N3O3. The molecule has 0 unspecified atom stereocenters. The van der Waals surface area contributed by atoms with E-state index in [9.17, 15) is 9.59 Å². The van der Waals surface area contributed by atoms with Crippen LogP contribution in [0.5, 0.6) is 0 Å². The highest BCUT2D eigenvalue weighted by Gasteiger charge is 2.13. The van der Waals surface area contributed by atoms with Crippen LogP contribution in [0.3, 0.4) is 0 Å². The molecule has 0 saturated heterocycles. The van der Waals surface area contributed by atoms with Gasteiger partial charge in [0.2, 0.25) is 5.91 Å². The summed E-state index contributed by atoms with van der Waals surface area (Å²) in [5.41, 5.74) is 1.66. The minimum absolute atomic E-state index is 0.0663. The van der Waals surface area contributed by atoms with Crippen LogP contribution in [0.25, 0.3) is 0 Å². The van der Waals surface area contributed by atoms with Crippen LogP contribution >= 0.6 is 0 Å². The Balaban J connectivity index is 1.82. The molecule has 2 amide bonds. The summed E-state index contributed by atoms with van der Waals surface area (Å²) in [6, 6.07) is 10.8. The van der Waals surface area contributed by atoms with E-state index in [1.165, 1.54) is 0 Å². The standard InChI is InChI=1S/C18H23N3O3/c1-13(16-5-4-10-24-16)20-17(22)12-21(3)11-14-6-8-15(9-7-14)18(23)19-2/h4-10,13H,11-12H2,1-3H3,(H,19,23)(H,20,22)/t13-/m0/s1. The molecule has 0 spiro atoms. The van der Waals surface area contributed by atoms with Crippen molar-refractivity contribution < 1.29 is 14.0 Å². The van der Waals surface area contributed by atoms with Crippen molar-refractivity contribution >= 4 is 11.8 Å². The summed E-state index contributed by atoms with van der Waals surface area (Å²) in [4.78, 5) is 25.5. The van der Waals surface area contributed by atoms with Crippen LogP contribution in [0.2, 0.25) is 0 Å². The second kappa shape index (κ2) is 8.31. The van der Waals surface area contributed by atoms with E-state index < -0.39 is 0 Å². The zero-order valence-electron chi connectivity index (χ0n) is 14.2. The van der Waals surface area contributed by atoms with Crippen LogP contribution in [0.4, 0.5) is 0 Å². The molecule has 1 atom stereocenters. The third-order valence-corrected chi connectivity index (χ3v) is 3.66. The summed E-state index contributed by atoms with van der Waals surface area (Å²) < 4.78 is 5.28. The number of hydrogen-bond donors (Lipinski definition) is 2. The van der Waals surface area contributed by atoms with Gasteiger partial charge in [0, 0.05) is 19.2 Å². The second-order valence-corrected chi connectivity index (χ2v) is 5.75. The molecule has 1 aromatic heterocycles. The maximum Gasteiger partial charge on any atom is 0.251 e. The van der Waals surface area contributed by atoms with Crippen LogP contribution < -0.4 is 10.6 Å². The monoisotopic (exact) mass is 329 g/mol. The van der Waals surface area contributed by atoms with E-state index in [-0.39, 0.29) is 24.4 Å². The lowest BCUT2D eigenvalue weighted by atomic mass is 10.1. The van der Waals surface area contributed by atoms with E-state index in [0.717, 1.165) is 11.3 Å². The molecule has 0 aliphatic heterocycles. The first-order valence-electron chi connectivity index (χ1n) is 7.82. The Bertz CT molecular complexity index is 665. The summed E-state index contributed by atoms with van der Waals surface area (Å²) in [6.45, 7) is 2.78. The predicted molar refractivity (Wildman–Crippen MR) is 91.4 cm³/mol. The molecule has 1 aromatic carbocycles. The zero-order valence-corrected chi connectivity index (χ0v) is 14.2. The number of carbonyl (C=O) groups excluding carboxylic acids is 2. The highest BCUT2D eigenvalue weighted by Crippen LogP contribution is 2.12. The van der Waals surface area contributed by atoms with Gasteiger partial charge in [-0.2, -0.15) is 0 Å². The quantitative estimate of drug-likeness (QED) is 0.814. The fraction of sp³-hybridized carbons (Fsp3) is 0.333. The Labute approximate surface area is 141 Å². The normalized spacial score (nSPS) is 12.0. The summed E-state index contributed by atoms with van der Waals surface area (Å²) in [5.74, 6) is 0.556. The van der Waals surface area contributed by atoms with Gasteiger partial charge in [-0.25, -0.2) is 0 Å². The fourth-order valence-corrected chi connectivity index (χ4v) is 2.41. The lowest BCUT2D eigenvalue weighted by molar-refractivity contribution is -0.122. The van der Waals surface area contributed by atoms with Crippen molar-refractivity contribution in [1.29, 1.82) is 0 Å². The molecule has 0 fully saturated rings. The summed E-state index contributed by atoms with van der Waals surface area (Å²) in [7, 11) is 3.48. The summed E-state index contributed by atoms with van der Waals surface area (Å²) >= 11 is 0. The molecule has 128 valence electrons. The zero-order chi connectivity index (χ0) is 17.5. The van der Waals surface area contributed by atoms with Gasteiger partial charge in [-0.15, -0.1) is 0 Å². The van der Waals surface area contributed by atoms with Gasteiger partial charge >= 0.3 is 0 Å². The van der Waals surface area contributed by atoms with Gasteiger partial charge in [0.1, 0.15) is 5.76 Å². The molecule has 2 aromatic rings. The molecule has 6 nitrogen and oxygen atoms in total. The van der Waals surface area contributed by atoms with Crippen molar-refractivity contribution in [2.45, 2.75) is 19.5 Å². The first-order valence-corrected chi connectivity index (χ1v) is 7.82. The average Bonchev–Trinajstić information content (AvgIpc) is 3.09. The van der Waals surface area contributed by atoms with Gasteiger partial charge in [0.05, 0.1) is 18.8 Å². The van der Waals surface area contributed by atoms with Gasteiger partial charge in [0.15, 0.2) is 0 Å². The van der Waals surface area contributed by atoms with Gasteiger partial charge in [0.25, 0.3) is 5.91 Å². The van der Waals surface area contributed by atoms with Gasteiger partial charge in [-0.3, -0.25) is 14.5 Å². The minimum atomic E-state index is -0.160. The molecule has 0 aliphatic carbocycles. The Kier molecular flexibility index (Phi) is 6.14. The number of nitrogens with zero attached hydrogens (tertiary/aromatic N) is 1. The number of likely N-dealkylation sites (N-methyl/N-ethyl adjacent to an activating group) is 1. The molecule has 1 heterocycles. The Morgan fingerprint density at radius 3 is 2.50 bits per heavy atom. The van der Waals surface area contributed by atoms with E-state index in [4.69, 9.17) is 4.42 Å². The van der Waals surface area contributed by atoms with E-state index in [2.05, 4.69) is 10.6 Å². The number of carbonyl (C=O) groups is 2. The van der Waals surface area contributed by atoms with Crippen LogP contribution in [0, 0.1) is 0 Å². The lowest BCUT2D eigenvalue weighted by Crippen LogP contribution is -2.36. The molecule has 2 N–H and O–H groups in total. The smallest absolute Gasteiger partial charge is 0.251 e. The maximum absolute atomic E-state index is 12.1. The molecule has 0 aliphatic rings. The van der Waals surface area contributed by atoms with Crippen LogP contribution in [-0.4, -0.2) is 37.4 Å². The van der Waals surface area contributed by atoms with E-state index in [1.54, 1.807) is 31.5 Å². The molecular weight excluding hydrogens is 306 g/mol. The first kappa shape index (κ1) is 17.7. The number of hydrogen-bond acceptors (Lipinski definition) is 4. The Hall–Kier alpha value is -2.60. The van der Waals surface area contributed by atoms with Crippen LogP contribution in [0.15, 0.2) is 47.1 Å². The van der Waals surface area contributed by atoms with Crippen molar-refractivity contribution in [1.82, 2.24) is 15.5 Å². The number of nitrogens with one attached hydrogen (secondary N) is 2. The average molecular weight is 329 g/mol. The van der Waals surface area contributed by atoms with Crippen molar-refractivity contribution in [3.8, 4) is 0 Å². The maximum atomic E-state index is 12.1. The fourth-order valence-electron chi connectivity index (χ4n) is 2.41. The molecule has 6 heteroatoms. The predicted octanol–water partition coefficient (Wildman–Crippen LogP) is 1.95. The highest BCUT2D eigenvalue weighted by molar-refractivity contribution is 5.93. The molecule has 0 radical (unpaired) electrons. The van der Waals surface area contributed by atoms with E-state index in [0.29, 0.717) is 12.1 Å². The SMILES string of the molecule is CNC(=O)c1ccc(CN(C)CC(=O)N[C@@H](C)c2ccco2)cc1. The Morgan fingerprint density at radius 1 is 1.21 bits per heavy atom. The third kappa shape index (κ3) is 4.96. The number of benzene rings is 1. The summed E-state index contributed by atoms with van der Waals surface area (Å²) in [6.07, 6.45) is 1.59. The van der Waals surface area contributed by atoms with E-state index >= 15 is 0 Å². The molecule has 24 heavy (non-hydrogen) atoms. The number of furan rings is 1. The molecule has 0 saturated carbocycles. The number of amides is 2. The summed E-state index contributed by atoms with van der Waals surface area (Å²) in [5, 5.41) is 5.49. The van der Waals surface area contributed by atoms with Crippen molar-refractivity contribution in [3.05, 3.63) is 59.5 Å². The van der Waals surface area contributed by atoms with Crippen LogP contribution in [0.1, 0.15) is 34.6 Å². The van der Waals surface area contributed by atoms with Crippen molar-refractivity contribution in [3.63, 3.8) is 0 Å². The van der Waals surface area contributed by atoms with Gasteiger partial charge < -0.3 is 15.1 Å². The molecule has 2 rings (SSSR count). The topological polar surface area (TPSA) is 74.6 Å². The van der Waals surface area contributed by atoms with E-state index in [1.807, 2.05) is 37.1 Å². The van der Waals surface area contributed by atoms with Gasteiger partial charge in [-0.05, 0) is 43.8 Å². The van der Waals surface area contributed by atoms with Gasteiger partial charge in [-0.1, -0.05) is 12.1 Å². The number of rotatable bonds is 7.